The zero-order chi connectivity index (χ0) is 15.7. The highest BCUT2D eigenvalue weighted by molar-refractivity contribution is 6.06. The van der Waals surface area contributed by atoms with Gasteiger partial charge in [-0.15, -0.1) is 0 Å². The number of carbonyl (C=O) groups is 1. The molecular formula is C20H20O2. The molecule has 0 saturated carbocycles. The van der Waals surface area contributed by atoms with E-state index in [9.17, 15) is 4.79 Å². The molecule has 0 fully saturated rings. The van der Waals surface area contributed by atoms with Crippen molar-refractivity contribution < 1.29 is 9.53 Å². The zero-order valence-electron chi connectivity index (χ0n) is 13.2. The SMILES string of the molecule is CCC(C)(C)C(=O)Oc1c2ccccc2cc2ccccc12. The van der Waals surface area contributed by atoms with E-state index < -0.39 is 5.41 Å². The van der Waals surface area contributed by atoms with E-state index in [1.165, 1.54) is 0 Å². The van der Waals surface area contributed by atoms with Crippen LogP contribution in [0.1, 0.15) is 27.2 Å². The standard InChI is InChI=1S/C20H20O2/c1-4-20(2,3)19(21)22-18-16-11-7-5-9-14(16)13-15-10-6-8-12-17(15)18/h5-13H,4H2,1-3H3. The van der Waals surface area contributed by atoms with Gasteiger partial charge in [0.25, 0.3) is 0 Å². The van der Waals surface area contributed by atoms with Crippen LogP contribution in [0.2, 0.25) is 0 Å². The number of ether oxygens (including phenoxy) is 1. The third-order valence-electron chi connectivity index (χ3n) is 4.35. The predicted octanol–water partition coefficient (Wildman–Crippen LogP) is 5.33. The maximum atomic E-state index is 12.5. The first-order valence-corrected chi connectivity index (χ1v) is 7.66. The van der Waals surface area contributed by atoms with Crippen molar-refractivity contribution in [2.24, 2.45) is 5.41 Å². The molecule has 0 N–H and O–H groups in total. The number of benzene rings is 3. The minimum absolute atomic E-state index is 0.184. The minimum atomic E-state index is -0.488. The Morgan fingerprint density at radius 2 is 1.45 bits per heavy atom. The normalized spacial score (nSPS) is 11.8. The van der Waals surface area contributed by atoms with Crippen molar-refractivity contribution in [1.82, 2.24) is 0 Å². The summed E-state index contributed by atoms with van der Waals surface area (Å²) in [7, 11) is 0. The van der Waals surface area contributed by atoms with E-state index in [-0.39, 0.29) is 5.97 Å². The highest BCUT2D eigenvalue weighted by atomic mass is 16.5. The lowest BCUT2D eigenvalue weighted by Gasteiger charge is -2.21. The first-order valence-electron chi connectivity index (χ1n) is 7.66. The van der Waals surface area contributed by atoms with Gasteiger partial charge >= 0.3 is 5.97 Å². The molecule has 0 aliphatic rings. The fourth-order valence-corrected chi connectivity index (χ4v) is 2.46. The van der Waals surface area contributed by atoms with Crippen molar-refractivity contribution in [2.45, 2.75) is 27.2 Å². The van der Waals surface area contributed by atoms with Crippen LogP contribution in [0.25, 0.3) is 21.5 Å². The molecule has 3 aromatic rings. The Balaban J connectivity index is 2.22. The second-order valence-electron chi connectivity index (χ2n) is 6.27. The highest BCUT2D eigenvalue weighted by Crippen LogP contribution is 2.36. The Bertz CT molecular complexity index is 793. The third kappa shape index (κ3) is 2.45. The van der Waals surface area contributed by atoms with Gasteiger partial charge in [-0.05, 0) is 37.1 Å². The quantitative estimate of drug-likeness (QED) is 0.370. The molecule has 0 bridgehead atoms. The van der Waals surface area contributed by atoms with Gasteiger partial charge in [-0.25, -0.2) is 0 Å². The summed E-state index contributed by atoms with van der Waals surface area (Å²) in [5, 5.41) is 4.11. The lowest BCUT2D eigenvalue weighted by Crippen LogP contribution is -2.28. The molecule has 3 aromatic carbocycles. The number of fused-ring (bicyclic) bond motifs is 2. The topological polar surface area (TPSA) is 26.3 Å². The molecule has 2 nitrogen and oxygen atoms in total. The summed E-state index contributed by atoms with van der Waals surface area (Å²) in [6, 6.07) is 18.2. The molecule has 0 aliphatic heterocycles. The van der Waals surface area contributed by atoms with Crippen molar-refractivity contribution in [3.05, 3.63) is 54.6 Å². The average Bonchev–Trinajstić information content (AvgIpc) is 2.54. The van der Waals surface area contributed by atoms with E-state index in [2.05, 4.69) is 6.07 Å². The molecule has 0 atom stereocenters. The van der Waals surface area contributed by atoms with Crippen LogP contribution in [0.15, 0.2) is 54.6 Å². The van der Waals surface area contributed by atoms with Crippen LogP contribution in [0.3, 0.4) is 0 Å². The summed E-state index contributed by atoms with van der Waals surface area (Å²) in [6.07, 6.45) is 0.745. The van der Waals surface area contributed by atoms with E-state index in [4.69, 9.17) is 4.74 Å². The van der Waals surface area contributed by atoms with E-state index in [1.807, 2.05) is 69.3 Å². The Hall–Kier alpha value is -2.35. The molecule has 0 heterocycles. The maximum Gasteiger partial charge on any atom is 0.316 e. The van der Waals surface area contributed by atoms with Crippen LogP contribution in [-0.2, 0) is 4.79 Å². The van der Waals surface area contributed by atoms with Crippen LogP contribution in [-0.4, -0.2) is 5.97 Å². The molecule has 0 saturated heterocycles. The van der Waals surface area contributed by atoms with Crippen molar-refractivity contribution >= 4 is 27.5 Å². The molecule has 0 radical (unpaired) electrons. The molecular weight excluding hydrogens is 272 g/mol. The van der Waals surface area contributed by atoms with E-state index in [0.717, 1.165) is 28.0 Å². The summed E-state index contributed by atoms with van der Waals surface area (Å²) in [4.78, 5) is 12.5. The van der Waals surface area contributed by atoms with Crippen LogP contribution >= 0.6 is 0 Å². The molecule has 2 heteroatoms. The number of rotatable bonds is 3. The fourth-order valence-electron chi connectivity index (χ4n) is 2.46. The van der Waals surface area contributed by atoms with Crippen LogP contribution in [0.4, 0.5) is 0 Å². The number of hydrogen-bond acceptors (Lipinski definition) is 2. The fraction of sp³-hybridized carbons (Fsp3) is 0.250. The molecule has 0 spiro atoms. The Morgan fingerprint density at radius 3 is 1.95 bits per heavy atom. The number of hydrogen-bond donors (Lipinski definition) is 0. The van der Waals surface area contributed by atoms with Crippen LogP contribution in [0, 0.1) is 5.41 Å². The van der Waals surface area contributed by atoms with Gasteiger partial charge in [0.1, 0.15) is 5.75 Å². The first kappa shape index (κ1) is 14.6. The minimum Gasteiger partial charge on any atom is -0.425 e. The number of esters is 1. The molecule has 0 aromatic heterocycles. The molecule has 0 amide bonds. The van der Waals surface area contributed by atoms with E-state index in [0.29, 0.717) is 5.75 Å². The van der Waals surface area contributed by atoms with Gasteiger partial charge in [0.2, 0.25) is 0 Å². The van der Waals surface area contributed by atoms with Crippen LogP contribution < -0.4 is 4.74 Å². The smallest absolute Gasteiger partial charge is 0.316 e. The summed E-state index contributed by atoms with van der Waals surface area (Å²) in [5.41, 5.74) is -0.488. The Morgan fingerprint density at radius 1 is 0.955 bits per heavy atom. The third-order valence-corrected chi connectivity index (χ3v) is 4.35. The van der Waals surface area contributed by atoms with Gasteiger partial charge in [0.05, 0.1) is 5.41 Å². The van der Waals surface area contributed by atoms with Crippen molar-refractivity contribution in [2.75, 3.05) is 0 Å². The van der Waals surface area contributed by atoms with Gasteiger partial charge in [0.15, 0.2) is 0 Å². The molecule has 22 heavy (non-hydrogen) atoms. The lowest BCUT2D eigenvalue weighted by atomic mass is 9.90. The monoisotopic (exact) mass is 292 g/mol. The summed E-state index contributed by atoms with van der Waals surface area (Å²) >= 11 is 0. The van der Waals surface area contributed by atoms with Gasteiger partial charge in [-0.3, -0.25) is 4.79 Å². The predicted molar refractivity (Wildman–Crippen MR) is 91.2 cm³/mol. The Kier molecular flexibility index (Phi) is 3.61. The van der Waals surface area contributed by atoms with Gasteiger partial charge in [-0.1, -0.05) is 55.5 Å². The molecule has 0 unspecified atom stereocenters. The summed E-state index contributed by atoms with van der Waals surface area (Å²) in [5.74, 6) is 0.483. The molecule has 3 rings (SSSR count). The summed E-state index contributed by atoms with van der Waals surface area (Å²) in [6.45, 7) is 5.84. The maximum absolute atomic E-state index is 12.5. The van der Waals surface area contributed by atoms with Crippen molar-refractivity contribution in [3.63, 3.8) is 0 Å². The highest BCUT2D eigenvalue weighted by Gasteiger charge is 2.28. The molecule has 0 aliphatic carbocycles. The van der Waals surface area contributed by atoms with Crippen molar-refractivity contribution in [3.8, 4) is 5.75 Å². The van der Waals surface area contributed by atoms with Crippen molar-refractivity contribution in [1.29, 1.82) is 0 Å². The second kappa shape index (κ2) is 5.45. The van der Waals surface area contributed by atoms with E-state index >= 15 is 0 Å². The summed E-state index contributed by atoms with van der Waals surface area (Å²) < 4.78 is 5.86. The number of carbonyl (C=O) groups excluding carboxylic acids is 1. The Labute approximate surface area is 130 Å². The lowest BCUT2D eigenvalue weighted by molar-refractivity contribution is -0.143. The average molecular weight is 292 g/mol. The van der Waals surface area contributed by atoms with E-state index in [1.54, 1.807) is 0 Å². The first-order chi connectivity index (χ1) is 10.5. The largest absolute Gasteiger partial charge is 0.425 e. The zero-order valence-corrected chi connectivity index (χ0v) is 13.2. The van der Waals surface area contributed by atoms with Gasteiger partial charge in [-0.2, -0.15) is 0 Å². The second-order valence-corrected chi connectivity index (χ2v) is 6.27. The van der Waals surface area contributed by atoms with Gasteiger partial charge < -0.3 is 4.74 Å². The van der Waals surface area contributed by atoms with Crippen LogP contribution in [0.5, 0.6) is 5.75 Å². The van der Waals surface area contributed by atoms with Gasteiger partial charge in [0, 0.05) is 10.8 Å². The molecule has 112 valence electrons.